The molecule has 0 aromatic carbocycles. The Morgan fingerprint density at radius 1 is 1.64 bits per heavy atom. The first kappa shape index (κ1) is 9.40. The number of rotatable bonds is 1. The van der Waals surface area contributed by atoms with Gasteiger partial charge >= 0.3 is 5.97 Å². The maximum absolute atomic E-state index is 11.4. The van der Waals surface area contributed by atoms with Crippen LogP contribution in [0.3, 0.4) is 0 Å². The van der Waals surface area contributed by atoms with Gasteiger partial charge in [-0.15, -0.1) is 0 Å². The van der Waals surface area contributed by atoms with Crippen molar-refractivity contribution in [3.05, 3.63) is 11.6 Å². The summed E-state index contributed by atoms with van der Waals surface area (Å²) in [7, 11) is 0. The van der Waals surface area contributed by atoms with Gasteiger partial charge in [0.15, 0.2) is 5.78 Å². The minimum atomic E-state index is -0.897. The molecule has 0 amide bonds. The van der Waals surface area contributed by atoms with Crippen LogP contribution in [-0.4, -0.2) is 29.6 Å². The van der Waals surface area contributed by atoms with E-state index in [0.29, 0.717) is 6.42 Å². The molecule has 0 saturated carbocycles. The van der Waals surface area contributed by atoms with Gasteiger partial charge in [0.1, 0.15) is 6.61 Å². The molecule has 76 valence electrons. The number of ketones is 1. The first-order valence-electron chi connectivity index (χ1n) is 4.64. The van der Waals surface area contributed by atoms with E-state index in [1.165, 1.54) is 0 Å². The lowest BCUT2D eigenvalue weighted by molar-refractivity contribution is -0.146. The first-order valence-corrected chi connectivity index (χ1v) is 4.64. The van der Waals surface area contributed by atoms with Crippen molar-refractivity contribution in [1.29, 1.82) is 0 Å². The maximum atomic E-state index is 11.4. The number of ether oxygens (including phenoxy) is 1. The number of carbonyl (C=O) groups is 2. The van der Waals surface area contributed by atoms with Crippen molar-refractivity contribution in [2.24, 2.45) is 11.8 Å². The second-order valence-corrected chi connectivity index (χ2v) is 3.93. The summed E-state index contributed by atoms with van der Waals surface area (Å²) in [6.07, 6.45) is 2.03. The van der Waals surface area contributed by atoms with Crippen molar-refractivity contribution in [2.45, 2.75) is 19.4 Å². The molecule has 2 aliphatic rings. The Bertz CT molecular complexity index is 318. The van der Waals surface area contributed by atoms with E-state index in [1.807, 2.05) is 13.0 Å². The predicted molar refractivity (Wildman–Crippen MR) is 47.7 cm³/mol. The van der Waals surface area contributed by atoms with E-state index in [2.05, 4.69) is 0 Å². The van der Waals surface area contributed by atoms with Crippen molar-refractivity contribution < 1.29 is 19.4 Å². The fourth-order valence-corrected chi connectivity index (χ4v) is 2.23. The number of aliphatic carboxylic acids is 1. The van der Waals surface area contributed by atoms with Crippen molar-refractivity contribution in [3.8, 4) is 0 Å². The van der Waals surface area contributed by atoms with E-state index in [4.69, 9.17) is 9.84 Å². The maximum Gasteiger partial charge on any atom is 0.307 e. The third kappa shape index (κ3) is 1.35. The summed E-state index contributed by atoms with van der Waals surface area (Å²) in [6, 6.07) is 0. The largest absolute Gasteiger partial charge is 0.481 e. The second kappa shape index (κ2) is 3.20. The van der Waals surface area contributed by atoms with Gasteiger partial charge in [-0.2, -0.15) is 0 Å². The lowest BCUT2D eigenvalue weighted by atomic mass is 9.77. The van der Waals surface area contributed by atoms with E-state index in [9.17, 15) is 9.59 Å². The quantitative estimate of drug-likeness (QED) is 0.624. The summed E-state index contributed by atoms with van der Waals surface area (Å²) in [5, 5.41) is 8.99. The molecule has 1 fully saturated rings. The second-order valence-electron chi connectivity index (χ2n) is 3.93. The number of allylic oxidation sites excluding steroid dienone is 1. The van der Waals surface area contributed by atoms with Gasteiger partial charge in [-0.25, -0.2) is 0 Å². The molecule has 4 heteroatoms. The van der Waals surface area contributed by atoms with Gasteiger partial charge in [0.2, 0.25) is 0 Å². The van der Waals surface area contributed by atoms with Crippen molar-refractivity contribution in [1.82, 2.24) is 0 Å². The van der Waals surface area contributed by atoms with Gasteiger partial charge in [-0.05, 0) is 13.3 Å². The Morgan fingerprint density at radius 3 is 3.00 bits per heavy atom. The highest BCUT2D eigenvalue weighted by molar-refractivity contribution is 5.90. The summed E-state index contributed by atoms with van der Waals surface area (Å²) in [4.78, 5) is 22.4. The number of carboxylic acids is 1. The smallest absolute Gasteiger partial charge is 0.307 e. The van der Waals surface area contributed by atoms with Crippen molar-refractivity contribution in [3.63, 3.8) is 0 Å². The number of Topliss-reactive ketones (excluding diaryl/α,β-unsaturated/α-hetero) is 1. The molecule has 0 radical (unpaired) electrons. The summed E-state index contributed by atoms with van der Waals surface area (Å²) in [5.74, 6) is -2.03. The molecule has 4 nitrogen and oxygen atoms in total. The normalized spacial score (nSPS) is 36.5. The molecular formula is C10H12O4. The number of fused-ring (bicyclic) bond motifs is 1. The number of hydrogen-bond donors (Lipinski definition) is 1. The fraction of sp³-hybridized carbons (Fsp3) is 0.600. The number of carboxylic acid groups (broad SMARTS) is 1. The Hall–Kier alpha value is -1.16. The van der Waals surface area contributed by atoms with Crippen LogP contribution in [0, 0.1) is 11.8 Å². The zero-order valence-electron chi connectivity index (χ0n) is 7.90. The average Bonchev–Trinajstić information content (AvgIpc) is 2.46. The zero-order chi connectivity index (χ0) is 10.3. The van der Waals surface area contributed by atoms with Crippen LogP contribution in [0.5, 0.6) is 0 Å². The van der Waals surface area contributed by atoms with Gasteiger partial charge in [0, 0.05) is 0 Å². The number of hydrogen-bond acceptors (Lipinski definition) is 3. The molecule has 1 heterocycles. The van der Waals surface area contributed by atoms with Gasteiger partial charge in [-0.3, -0.25) is 9.59 Å². The molecule has 0 aromatic heterocycles. The van der Waals surface area contributed by atoms with Crippen LogP contribution in [0.2, 0.25) is 0 Å². The SMILES string of the molecule is CC1=C[C@H]2OCC(=O)[C@H]2[C@@H](C(=O)O)C1. The zero-order valence-corrected chi connectivity index (χ0v) is 7.90. The Kier molecular flexibility index (Phi) is 2.15. The average molecular weight is 196 g/mol. The lowest BCUT2D eigenvalue weighted by Crippen LogP contribution is -2.36. The topological polar surface area (TPSA) is 63.6 Å². The summed E-state index contributed by atoms with van der Waals surface area (Å²) < 4.78 is 5.23. The molecule has 2 rings (SSSR count). The fourth-order valence-electron chi connectivity index (χ4n) is 2.23. The molecule has 1 N–H and O–H groups in total. The van der Waals surface area contributed by atoms with E-state index in [0.717, 1.165) is 5.57 Å². The molecule has 0 unspecified atom stereocenters. The van der Waals surface area contributed by atoms with Crippen LogP contribution < -0.4 is 0 Å². The van der Waals surface area contributed by atoms with E-state index < -0.39 is 17.8 Å². The minimum absolute atomic E-state index is 0.0584. The van der Waals surface area contributed by atoms with Crippen LogP contribution in [-0.2, 0) is 14.3 Å². The monoisotopic (exact) mass is 196 g/mol. The van der Waals surface area contributed by atoms with Gasteiger partial charge in [0.25, 0.3) is 0 Å². The highest BCUT2D eigenvalue weighted by Gasteiger charge is 2.45. The van der Waals surface area contributed by atoms with Crippen molar-refractivity contribution in [2.75, 3.05) is 6.61 Å². The molecule has 0 bridgehead atoms. The van der Waals surface area contributed by atoms with Crippen LogP contribution >= 0.6 is 0 Å². The van der Waals surface area contributed by atoms with Gasteiger partial charge < -0.3 is 9.84 Å². The van der Waals surface area contributed by atoms with E-state index in [1.54, 1.807) is 0 Å². The first-order chi connectivity index (χ1) is 6.59. The van der Waals surface area contributed by atoms with Gasteiger partial charge in [-0.1, -0.05) is 11.6 Å². The summed E-state index contributed by atoms with van der Waals surface area (Å²) in [6.45, 7) is 1.93. The highest BCUT2D eigenvalue weighted by Crippen LogP contribution is 2.35. The molecule has 0 spiro atoms. The molecule has 1 aliphatic heterocycles. The van der Waals surface area contributed by atoms with Gasteiger partial charge in [0.05, 0.1) is 17.9 Å². The molecule has 14 heavy (non-hydrogen) atoms. The van der Waals surface area contributed by atoms with Crippen LogP contribution in [0.25, 0.3) is 0 Å². The Morgan fingerprint density at radius 2 is 2.36 bits per heavy atom. The van der Waals surface area contributed by atoms with E-state index >= 15 is 0 Å². The number of carbonyl (C=O) groups excluding carboxylic acids is 1. The molecule has 1 saturated heterocycles. The highest BCUT2D eigenvalue weighted by atomic mass is 16.5. The Balaban J connectivity index is 2.31. The molecule has 3 atom stereocenters. The molecule has 0 aromatic rings. The summed E-state index contributed by atoms with van der Waals surface area (Å²) in [5.41, 5.74) is 0.994. The lowest BCUT2D eigenvalue weighted by Gasteiger charge is -2.26. The summed E-state index contributed by atoms with van der Waals surface area (Å²) >= 11 is 0. The standard InChI is InChI=1S/C10H12O4/c1-5-2-6(10(12)13)9-7(11)4-14-8(9)3-5/h3,6,8-9H,2,4H2,1H3,(H,12,13)/t6-,8+,9+/m0/s1. The van der Waals surface area contributed by atoms with Crippen LogP contribution in [0.4, 0.5) is 0 Å². The molecular weight excluding hydrogens is 184 g/mol. The third-order valence-corrected chi connectivity index (χ3v) is 2.89. The predicted octanol–water partition coefficient (Wildman–Crippen LogP) is 0.621. The third-order valence-electron chi connectivity index (χ3n) is 2.89. The molecule has 1 aliphatic carbocycles. The van der Waals surface area contributed by atoms with E-state index in [-0.39, 0.29) is 18.5 Å². The van der Waals surface area contributed by atoms with Crippen molar-refractivity contribution >= 4 is 11.8 Å². The Labute approximate surface area is 81.6 Å². The van der Waals surface area contributed by atoms with Crippen LogP contribution in [0.1, 0.15) is 13.3 Å². The minimum Gasteiger partial charge on any atom is -0.481 e. The van der Waals surface area contributed by atoms with Crippen LogP contribution in [0.15, 0.2) is 11.6 Å².